The zero-order valence-electron chi connectivity index (χ0n) is 13.9. The molecule has 0 radical (unpaired) electrons. The highest BCUT2D eigenvalue weighted by Crippen LogP contribution is 2.24. The molecule has 1 aliphatic heterocycles. The maximum absolute atomic E-state index is 12.2. The van der Waals surface area contributed by atoms with E-state index in [9.17, 15) is 13.6 Å². The summed E-state index contributed by atoms with van der Waals surface area (Å²) in [7, 11) is 0. The second-order valence-electron chi connectivity index (χ2n) is 6.91. The average Bonchev–Trinajstić information content (AvgIpc) is 2.52. The van der Waals surface area contributed by atoms with Gasteiger partial charge in [-0.15, -0.1) is 0 Å². The molecular weight excluding hydrogens is 302 g/mol. The summed E-state index contributed by atoms with van der Waals surface area (Å²) in [6.45, 7) is 6.85. The van der Waals surface area contributed by atoms with Gasteiger partial charge in [-0.3, -0.25) is 4.79 Å². The molecule has 2 rings (SSSR count). The molecule has 1 aromatic heterocycles. The van der Waals surface area contributed by atoms with Crippen molar-refractivity contribution in [3.63, 3.8) is 0 Å². The quantitative estimate of drug-likeness (QED) is 0.923. The molecule has 1 saturated heterocycles. The van der Waals surface area contributed by atoms with Gasteiger partial charge in [0.2, 0.25) is 5.91 Å². The molecule has 7 heteroatoms. The van der Waals surface area contributed by atoms with Crippen molar-refractivity contribution in [2.45, 2.75) is 45.5 Å². The molecule has 1 aliphatic rings. The molecule has 2 heterocycles. The van der Waals surface area contributed by atoms with Crippen molar-refractivity contribution in [3.8, 4) is 0 Å². The van der Waals surface area contributed by atoms with Crippen molar-refractivity contribution in [3.05, 3.63) is 18.1 Å². The van der Waals surface area contributed by atoms with Crippen LogP contribution in [0.15, 0.2) is 12.3 Å². The Bertz CT molecular complexity index is 545. The Kier molecular flexibility index (Phi) is 5.49. The van der Waals surface area contributed by atoms with Crippen LogP contribution in [0.2, 0.25) is 0 Å². The van der Waals surface area contributed by atoms with E-state index in [1.54, 1.807) is 6.20 Å². The van der Waals surface area contributed by atoms with Gasteiger partial charge in [0.25, 0.3) is 6.43 Å². The lowest BCUT2D eigenvalue weighted by molar-refractivity contribution is -0.125. The van der Waals surface area contributed by atoms with E-state index in [1.165, 1.54) is 0 Å². The molecule has 0 bridgehead atoms. The number of rotatable bonds is 4. The molecule has 128 valence electrons. The van der Waals surface area contributed by atoms with Crippen LogP contribution in [-0.2, 0) is 10.2 Å². The lowest BCUT2D eigenvalue weighted by atomic mass is 9.95. The normalized spacial score (nSPS) is 19.0. The Labute approximate surface area is 135 Å². The van der Waals surface area contributed by atoms with Crippen molar-refractivity contribution in [1.82, 2.24) is 15.3 Å². The fourth-order valence-corrected chi connectivity index (χ4v) is 2.61. The molecule has 23 heavy (non-hydrogen) atoms. The van der Waals surface area contributed by atoms with Gasteiger partial charge in [-0.25, -0.2) is 18.7 Å². The first-order chi connectivity index (χ1) is 10.8. The maximum atomic E-state index is 12.2. The van der Waals surface area contributed by atoms with Gasteiger partial charge in [0.1, 0.15) is 11.6 Å². The predicted octanol–water partition coefficient (Wildman–Crippen LogP) is 2.37. The fraction of sp³-hybridized carbons (Fsp3) is 0.688. The summed E-state index contributed by atoms with van der Waals surface area (Å²) in [4.78, 5) is 22.9. The molecule has 1 atom stereocenters. The molecular formula is C16H24F2N4O. The van der Waals surface area contributed by atoms with Crippen LogP contribution >= 0.6 is 0 Å². The predicted molar refractivity (Wildman–Crippen MR) is 84.7 cm³/mol. The zero-order valence-corrected chi connectivity index (χ0v) is 13.9. The first-order valence-electron chi connectivity index (χ1n) is 7.91. The number of halogens is 2. The molecule has 1 unspecified atom stereocenters. The smallest absolute Gasteiger partial charge is 0.255 e. The lowest BCUT2D eigenvalue weighted by Crippen LogP contribution is -2.44. The maximum Gasteiger partial charge on any atom is 0.255 e. The number of piperidine rings is 1. The monoisotopic (exact) mass is 326 g/mol. The molecule has 1 N–H and O–H groups in total. The number of carbonyl (C=O) groups is 1. The van der Waals surface area contributed by atoms with Gasteiger partial charge in [-0.1, -0.05) is 20.8 Å². The topological polar surface area (TPSA) is 58.1 Å². The average molecular weight is 326 g/mol. The second-order valence-corrected chi connectivity index (χ2v) is 6.91. The summed E-state index contributed by atoms with van der Waals surface area (Å²) in [5.41, 5.74) is -0.153. The molecule has 1 aromatic rings. The third-order valence-corrected chi connectivity index (χ3v) is 3.86. The summed E-state index contributed by atoms with van der Waals surface area (Å²) in [5.74, 6) is 0.950. The van der Waals surface area contributed by atoms with Crippen molar-refractivity contribution in [2.75, 3.05) is 24.5 Å². The lowest BCUT2D eigenvalue weighted by Gasteiger charge is -2.33. The van der Waals surface area contributed by atoms with Crippen LogP contribution in [0.4, 0.5) is 14.6 Å². The number of hydrogen-bond acceptors (Lipinski definition) is 4. The Morgan fingerprint density at radius 2 is 2.22 bits per heavy atom. The summed E-state index contributed by atoms with van der Waals surface area (Å²) in [6, 6.07) is 1.83. The Morgan fingerprint density at radius 3 is 2.87 bits per heavy atom. The number of alkyl halides is 2. The van der Waals surface area contributed by atoms with Crippen LogP contribution in [-0.4, -0.2) is 41.9 Å². The van der Waals surface area contributed by atoms with E-state index >= 15 is 0 Å². The standard InChI is InChI=1S/C16H24F2N4O/c1-16(2,3)15-19-7-6-13(21-15)22-8-4-5-11(10-22)14(23)20-9-12(17)18/h6-7,11-12H,4-5,8-10H2,1-3H3,(H,20,23). The van der Waals surface area contributed by atoms with E-state index in [-0.39, 0.29) is 17.2 Å². The first kappa shape index (κ1) is 17.6. The van der Waals surface area contributed by atoms with Crippen LogP contribution < -0.4 is 10.2 Å². The Hall–Kier alpha value is -1.79. The number of hydrogen-bond donors (Lipinski definition) is 1. The van der Waals surface area contributed by atoms with Crippen LogP contribution in [0.5, 0.6) is 0 Å². The zero-order chi connectivity index (χ0) is 17.0. The third-order valence-electron chi connectivity index (χ3n) is 3.86. The fourth-order valence-electron chi connectivity index (χ4n) is 2.61. The number of amides is 1. The number of carbonyl (C=O) groups excluding carboxylic acids is 1. The van der Waals surface area contributed by atoms with Crippen molar-refractivity contribution in [2.24, 2.45) is 5.92 Å². The van der Waals surface area contributed by atoms with Crippen LogP contribution in [0.3, 0.4) is 0 Å². The van der Waals surface area contributed by atoms with Crippen molar-refractivity contribution in [1.29, 1.82) is 0 Å². The first-order valence-corrected chi connectivity index (χ1v) is 7.91. The van der Waals surface area contributed by atoms with E-state index in [2.05, 4.69) is 15.3 Å². The summed E-state index contributed by atoms with van der Waals surface area (Å²) in [5, 5.41) is 2.31. The van der Waals surface area contributed by atoms with E-state index in [0.717, 1.165) is 24.6 Å². The second kappa shape index (κ2) is 7.19. The van der Waals surface area contributed by atoms with Gasteiger partial charge in [-0.05, 0) is 18.9 Å². The molecule has 1 fully saturated rings. The van der Waals surface area contributed by atoms with Crippen LogP contribution in [0.1, 0.15) is 39.4 Å². The van der Waals surface area contributed by atoms with Gasteiger partial charge in [0.15, 0.2) is 0 Å². The molecule has 1 amide bonds. The minimum absolute atomic E-state index is 0.153. The minimum atomic E-state index is -2.52. The Morgan fingerprint density at radius 1 is 1.48 bits per heavy atom. The summed E-state index contributed by atoms with van der Waals surface area (Å²) < 4.78 is 24.4. The van der Waals surface area contributed by atoms with E-state index in [0.29, 0.717) is 13.0 Å². The third kappa shape index (κ3) is 4.84. The minimum Gasteiger partial charge on any atom is -0.356 e. The number of nitrogens with one attached hydrogen (secondary N) is 1. The molecule has 0 aliphatic carbocycles. The van der Waals surface area contributed by atoms with E-state index < -0.39 is 13.0 Å². The van der Waals surface area contributed by atoms with Crippen molar-refractivity contribution < 1.29 is 13.6 Å². The van der Waals surface area contributed by atoms with Gasteiger partial charge in [0.05, 0.1) is 12.5 Å². The summed E-state index contributed by atoms with van der Waals surface area (Å²) >= 11 is 0. The van der Waals surface area contributed by atoms with Crippen molar-refractivity contribution >= 4 is 11.7 Å². The molecule has 0 spiro atoms. The molecule has 5 nitrogen and oxygen atoms in total. The Balaban J connectivity index is 2.05. The number of anilines is 1. The number of nitrogens with zero attached hydrogens (tertiary/aromatic N) is 3. The number of aromatic nitrogens is 2. The highest BCUT2D eigenvalue weighted by atomic mass is 19.3. The molecule has 0 saturated carbocycles. The van der Waals surface area contributed by atoms with Crippen LogP contribution in [0, 0.1) is 5.92 Å². The van der Waals surface area contributed by atoms with Gasteiger partial charge in [0, 0.05) is 24.7 Å². The van der Waals surface area contributed by atoms with Crippen LogP contribution in [0.25, 0.3) is 0 Å². The van der Waals surface area contributed by atoms with E-state index in [4.69, 9.17) is 0 Å². The largest absolute Gasteiger partial charge is 0.356 e. The highest BCUT2D eigenvalue weighted by molar-refractivity contribution is 5.79. The summed E-state index contributed by atoms with van der Waals surface area (Å²) in [6.07, 6.45) is 0.753. The SMILES string of the molecule is CC(C)(C)c1nccc(N2CCCC(C(=O)NCC(F)F)C2)n1. The highest BCUT2D eigenvalue weighted by Gasteiger charge is 2.27. The van der Waals surface area contributed by atoms with E-state index in [1.807, 2.05) is 31.7 Å². The van der Waals surface area contributed by atoms with Gasteiger partial charge >= 0.3 is 0 Å². The van der Waals surface area contributed by atoms with Gasteiger partial charge < -0.3 is 10.2 Å². The van der Waals surface area contributed by atoms with Gasteiger partial charge in [-0.2, -0.15) is 0 Å². The molecule has 0 aromatic carbocycles.